The molecule has 0 bridgehead atoms. The standard InChI is InChI=1S/C14H15Cl2NO/c1-3-9(2)7-13(18)10(8-17)14-11(15)5-4-6-12(14)16/h4-6,9-10H,3,7H2,1-2H3. The first-order valence-electron chi connectivity index (χ1n) is 5.87. The number of nitriles is 1. The number of halogens is 2. The molecular weight excluding hydrogens is 269 g/mol. The Kier molecular flexibility index (Phi) is 5.65. The van der Waals surface area contributed by atoms with Gasteiger partial charge in [0.1, 0.15) is 5.92 Å². The summed E-state index contributed by atoms with van der Waals surface area (Å²) in [4.78, 5) is 12.1. The van der Waals surface area contributed by atoms with Crippen molar-refractivity contribution >= 4 is 29.0 Å². The van der Waals surface area contributed by atoms with Gasteiger partial charge in [0.25, 0.3) is 0 Å². The van der Waals surface area contributed by atoms with Crippen LogP contribution in [0.3, 0.4) is 0 Å². The summed E-state index contributed by atoms with van der Waals surface area (Å²) in [5.41, 5.74) is 0.427. The number of benzene rings is 1. The van der Waals surface area contributed by atoms with Crippen LogP contribution in [0.1, 0.15) is 38.2 Å². The van der Waals surface area contributed by atoms with E-state index in [0.29, 0.717) is 22.0 Å². The molecule has 1 rings (SSSR count). The third-order valence-corrected chi connectivity index (χ3v) is 3.65. The minimum absolute atomic E-state index is 0.123. The molecule has 0 amide bonds. The lowest BCUT2D eigenvalue weighted by Gasteiger charge is -2.14. The molecule has 0 spiro atoms. The molecule has 2 nitrogen and oxygen atoms in total. The fourth-order valence-corrected chi connectivity index (χ4v) is 2.31. The first-order chi connectivity index (χ1) is 8.51. The molecule has 0 fully saturated rings. The van der Waals surface area contributed by atoms with Gasteiger partial charge in [-0.25, -0.2) is 0 Å². The molecule has 1 aromatic carbocycles. The number of nitrogens with zero attached hydrogens (tertiary/aromatic N) is 1. The predicted octanol–water partition coefficient (Wildman–Crippen LogP) is 4.61. The summed E-state index contributed by atoms with van der Waals surface area (Å²) in [7, 11) is 0. The van der Waals surface area contributed by atoms with E-state index < -0.39 is 5.92 Å². The maximum absolute atomic E-state index is 12.1. The SMILES string of the molecule is CCC(C)CC(=O)C(C#N)c1c(Cl)cccc1Cl. The third-order valence-electron chi connectivity index (χ3n) is 2.99. The summed E-state index contributed by atoms with van der Waals surface area (Å²) in [6.07, 6.45) is 1.27. The van der Waals surface area contributed by atoms with E-state index >= 15 is 0 Å². The topological polar surface area (TPSA) is 40.9 Å². The van der Waals surface area contributed by atoms with Crippen LogP contribution in [0, 0.1) is 17.2 Å². The van der Waals surface area contributed by atoms with Gasteiger partial charge in [-0.1, -0.05) is 49.5 Å². The van der Waals surface area contributed by atoms with Crippen LogP contribution in [0.5, 0.6) is 0 Å². The van der Waals surface area contributed by atoms with Gasteiger partial charge in [-0.2, -0.15) is 5.26 Å². The Morgan fingerprint density at radius 3 is 2.39 bits per heavy atom. The lowest BCUT2D eigenvalue weighted by Crippen LogP contribution is -2.14. The zero-order valence-electron chi connectivity index (χ0n) is 10.4. The Hall–Kier alpha value is -1.04. The summed E-state index contributed by atoms with van der Waals surface area (Å²) in [6.45, 7) is 4.00. The predicted molar refractivity (Wildman–Crippen MR) is 73.9 cm³/mol. The highest BCUT2D eigenvalue weighted by molar-refractivity contribution is 6.36. The second-order valence-electron chi connectivity index (χ2n) is 4.38. The third kappa shape index (κ3) is 3.48. The summed E-state index contributed by atoms with van der Waals surface area (Å²) >= 11 is 12.1. The minimum Gasteiger partial charge on any atom is -0.298 e. The second-order valence-corrected chi connectivity index (χ2v) is 5.20. The number of Topliss-reactive ketones (excluding diaryl/α,β-unsaturated/α-hetero) is 1. The summed E-state index contributed by atoms with van der Waals surface area (Å²) < 4.78 is 0. The number of rotatable bonds is 5. The smallest absolute Gasteiger partial charge is 0.154 e. The molecule has 0 radical (unpaired) electrons. The van der Waals surface area contributed by atoms with Gasteiger partial charge in [0.2, 0.25) is 0 Å². The minimum atomic E-state index is -0.875. The number of hydrogen-bond donors (Lipinski definition) is 0. The number of hydrogen-bond acceptors (Lipinski definition) is 2. The molecule has 2 unspecified atom stereocenters. The Bertz CT molecular complexity index is 459. The highest BCUT2D eigenvalue weighted by atomic mass is 35.5. The van der Waals surface area contributed by atoms with Crippen LogP contribution in [0.15, 0.2) is 18.2 Å². The number of carbonyl (C=O) groups is 1. The van der Waals surface area contributed by atoms with E-state index in [-0.39, 0.29) is 11.7 Å². The molecule has 18 heavy (non-hydrogen) atoms. The van der Waals surface area contributed by atoms with Crippen molar-refractivity contribution in [3.63, 3.8) is 0 Å². The van der Waals surface area contributed by atoms with E-state index in [2.05, 4.69) is 0 Å². The van der Waals surface area contributed by atoms with Crippen molar-refractivity contribution in [1.29, 1.82) is 5.26 Å². The van der Waals surface area contributed by atoms with Crippen LogP contribution in [0.2, 0.25) is 10.0 Å². The van der Waals surface area contributed by atoms with Crippen molar-refractivity contribution in [3.05, 3.63) is 33.8 Å². The lowest BCUT2D eigenvalue weighted by atomic mass is 9.90. The average Bonchev–Trinajstić information content (AvgIpc) is 2.33. The van der Waals surface area contributed by atoms with Crippen LogP contribution in [-0.2, 0) is 4.79 Å². The lowest BCUT2D eigenvalue weighted by molar-refractivity contribution is -0.120. The zero-order valence-corrected chi connectivity index (χ0v) is 11.9. The van der Waals surface area contributed by atoms with Crippen molar-refractivity contribution in [2.24, 2.45) is 5.92 Å². The highest BCUT2D eigenvalue weighted by Gasteiger charge is 2.25. The fraction of sp³-hybridized carbons (Fsp3) is 0.429. The molecule has 0 aromatic heterocycles. The van der Waals surface area contributed by atoms with Gasteiger partial charge in [-0.3, -0.25) is 4.79 Å². The van der Waals surface area contributed by atoms with Crippen LogP contribution < -0.4 is 0 Å². The maximum Gasteiger partial charge on any atom is 0.154 e. The molecule has 96 valence electrons. The summed E-state index contributed by atoms with van der Waals surface area (Å²) in [5, 5.41) is 9.93. The monoisotopic (exact) mass is 283 g/mol. The molecule has 0 aliphatic heterocycles. The summed E-state index contributed by atoms with van der Waals surface area (Å²) in [6, 6.07) is 6.99. The fourth-order valence-electron chi connectivity index (χ4n) is 1.69. The van der Waals surface area contributed by atoms with Crippen LogP contribution in [0.4, 0.5) is 0 Å². The van der Waals surface area contributed by atoms with Crippen molar-refractivity contribution < 1.29 is 4.79 Å². The van der Waals surface area contributed by atoms with Crippen LogP contribution in [0.25, 0.3) is 0 Å². The van der Waals surface area contributed by atoms with Gasteiger partial charge in [0.15, 0.2) is 5.78 Å². The molecule has 0 N–H and O–H groups in total. The van der Waals surface area contributed by atoms with E-state index in [4.69, 9.17) is 23.2 Å². The Labute approximate surface area is 118 Å². The van der Waals surface area contributed by atoms with E-state index in [1.165, 1.54) is 0 Å². The molecule has 4 heteroatoms. The number of ketones is 1. The van der Waals surface area contributed by atoms with E-state index in [0.717, 1.165) is 6.42 Å². The van der Waals surface area contributed by atoms with Gasteiger partial charge in [0, 0.05) is 22.0 Å². The van der Waals surface area contributed by atoms with Crippen molar-refractivity contribution in [1.82, 2.24) is 0 Å². The largest absolute Gasteiger partial charge is 0.298 e. The molecule has 0 saturated heterocycles. The van der Waals surface area contributed by atoms with E-state index in [9.17, 15) is 10.1 Å². The Balaban J connectivity index is 3.04. The van der Waals surface area contributed by atoms with Crippen molar-refractivity contribution in [2.75, 3.05) is 0 Å². The first-order valence-corrected chi connectivity index (χ1v) is 6.63. The second kappa shape index (κ2) is 6.78. The van der Waals surface area contributed by atoms with E-state index in [1.807, 2.05) is 19.9 Å². The van der Waals surface area contributed by atoms with Gasteiger partial charge in [-0.15, -0.1) is 0 Å². The number of carbonyl (C=O) groups excluding carboxylic acids is 1. The zero-order chi connectivity index (χ0) is 13.7. The van der Waals surface area contributed by atoms with Crippen molar-refractivity contribution in [3.8, 4) is 6.07 Å². The molecule has 1 aromatic rings. The quantitative estimate of drug-likeness (QED) is 0.792. The molecule has 0 aliphatic rings. The highest BCUT2D eigenvalue weighted by Crippen LogP contribution is 2.33. The molecule has 0 saturated carbocycles. The van der Waals surface area contributed by atoms with Gasteiger partial charge < -0.3 is 0 Å². The molecule has 2 atom stereocenters. The maximum atomic E-state index is 12.1. The summed E-state index contributed by atoms with van der Waals surface area (Å²) in [5.74, 6) is -0.739. The normalized spacial score (nSPS) is 13.7. The van der Waals surface area contributed by atoms with Crippen LogP contribution >= 0.6 is 23.2 Å². The molecule has 0 heterocycles. The van der Waals surface area contributed by atoms with E-state index in [1.54, 1.807) is 18.2 Å². The Morgan fingerprint density at radius 1 is 1.39 bits per heavy atom. The van der Waals surface area contributed by atoms with Crippen LogP contribution in [-0.4, -0.2) is 5.78 Å². The average molecular weight is 284 g/mol. The van der Waals surface area contributed by atoms with Gasteiger partial charge in [0.05, 0.1) is 6.07 Å². The first kappa shape index (κ1) is 15.0. The molecule has 0 aliphatic carbocycles. The Morgan fingerprint density at radius 2 is 1.94 bits per heavy atom. The van der Waals surface area contributed by atoms with Gasteiger partial charge in [-0.05, 0) is 18.1 Å². The van der Waals surface area contributed by atoms with Crippen molar-refractivity contribution in [2.45, 2.75) is 32.6 Å². The van der Waals surface area contributed by atoms with Gasteiger partial charge >= 0.3 is 0 Å². The molecular formula is C14H15Cl2NO.